The molecule has 2 nitrogen and oxygen atoms in total. The SMILES string of the molecule is Fc1cc(F)cc(CNc2ccc3ncccc3c2)c1. The maximum Gasteiger partial charge on any atom is 0.126 e. The molecule has 20 heavy (non-hydrogen) atoms. The van der Waals surface area contributed by atoms with Gasteiger partial charge < -0.3 is 5.32 Å². The Morgan fingerprint density at radius 3 is 2.55 bits per heavy atom. The van der Waals surface area contributed by atoms with Crippen LogP contribution in [0.25, 0.3) is 10.9 Å². The second-order valence-electron chi connectivity index (χ2n) is 4.54. The van der Waals surface area contributed by atoms with E-state index in [2.05, 4.69) is 10.3 Å². The summed E-state index contributed by atoms with van der Waals surface area (Å²) in [6.45, 7) is 0.362. The summed E-state index contributed by atoms with van der Waals surface area (Å²) in [7, 11) is 0. The van der Waals surface area contributed by atoms with Gasteiger partial charge >= 0.3 is 0 Å². The standard InChI is InChI=1S/C16H12F2N2/c17-13-6-11(7-14(18)9-13)10-20-15-3-4-16-12(8-15)2-1-5-19-16/h1-9,20H,10H2. The second-order valence-corrected chi connectivity index (χ2v) is 4.54. The first-order chi connectivity index (χ1) is 9.70. The van der Waals surface area contributed by atoms with Crippen molar-refractivity contribution in [2.75, 3.05) is 5.32 Å². The molecule has 0 radical (unpaired) electrons. The lowest BCUT2D eigenvalue weighted by Gasteiger charge is -2.08. The number of anilines is 1. The minimum absolute atomic E-state index is 0.362. The smallest absolute Gasteiger partial charge is 0.126 e. The number of hydrogen-bond acceptors (Lipinski definition) is 2. The van der Waals surface area contributed by atoms with E-state index in [1.165, 1.54) is 12.1 Å². The Bertz CT molecular complexity index is 736. The summed E-state index contributed by atoms with van der Waals surface area (Å²) in [6.07, 6.45) is 1.74. The molecule has 0 unspecified atom stereocenters. The van der Waals surface area contributed by atoms with E-state index < -0.39 is 11.6 Å². The number of fused-ring (bicyclic) bond motifs is 1. The molecule has 0 fully saturated rings. The second kappa shape index (κ2) is 5.25. The van der Waals surface area contributed by atoms with Crippen LogP contribution in [0.3, 0.4) is 0 Å². The largest absolute Gasteiger partial charge is 0.381 e. The third-order valence-corrected chi connectivity index (χ3v) is 3.02. The molecule has 3 aromatic rings. The Hall–Kier alpha value is -2.49. The minimum Gasteiger partial charge on any atom is -0.381 e. The normalized spacial score (nSPS) is 10.7. The fraction of sp³-hybridized carbons (Fsp3) is 0.0625. The molecule has 0 saturated carbocycles. The van der Waals surface area contributed by atoms with E-state index in [0.29, 0.717) is 12.1 Å². The number of nitrogens with zero attached hydrogens (tertiary/aromatic N) is 1. The zero-order chi connectivity index (χ0) is 13.9. The number of nitrogens with one attached hydrogen (secondary N) is 1. The van der Waals surface area contributed by atoms with Crippen molar-refractivity contribution in [2.24, 2.45) is 0 Å². The zero-order valence-corrected chi connectivity index (χ0v) is 10.6. The van der Waals surface area contributed by atoms with E-state index in [1.54, 1.807) is 6.20 Å². The predicted octanol–water partition coefficient (Wildman–Crippen LogP) is 4.13. The Morgan fingerprint density at radius 2 is 1.75 bits per heavy atom. The van der Waals surface area contributed by atoms with Crippen LogP contribution in [-0.2, 0) is 6.54 Å². The van der Waals surface area contributed by atoms with Gasteiger partial charge in [-0.2, -0.15) is 0 Å². The lowest BCUT2D eigenvalue weighted by molar-refractivity contribution is 0.580. The summed E-state index contributed by atoms with van der Waals surface area (Å²) in [5.74, 6) is -1.13. The van der Waals surface area contributed by atoms with Crippen LogP contribution in [0.15, 0.2) is 54.7 Å². The van der Waals surface area contributed by atoms with E-state index in [-0.39, 0.29) is 0 Å². The summed E-state index contributed by atoms with van der Waals surface area (Å²) in [6, 6.07) is 13.1. The van der Waals surface area contributed by atoms with Gasteiger partial charge in [-0.1, -0.05) is 6.07 Å². The lowest BCUT2D eigenvalue weighted by atomic mass is 10.2. The Kier molecular flexibility index (Phi) is 3.29. The number of hydrogen-bond donors (Lipinski definition) is 1. The summed E-state index contributed by atoms with van der Waals surface area (Å²) < 4.78 is 26.2. The molecule has 0 aliphatic rings. The van der Waals surface area contributed by atoms with Crippen molar-refractivity contribution in [2.45, 2.75) is 6.54 Å². The van der Waals surface area contributed by atoms with Gasteiger partial charge in [-0.3, -0.25) is 4.98 Å². The fourth-order valence-corrected chi connectivity index (χ4v) is 2.10. The van der Waals surface area contributed by atoms with Crippen molar-refractivity contribution in [1.29, 1.82) is 0 Å². The first-order valence-corrected chi connectivity index (χ1v) is 6.24. The first kappa shape index (κ1) is 12.5. The van der Waals surface area contributed by atoms with Gasteiger partial charge in [0, 0.05) is 29.9 Å². The van der Waals surface area contributed by atoms with Crippen LogP contribution in [0.4, 0.5) is 14.5 Å². The van der Waals surface area contributed by atoms with Crippen LogP contribution >= 0.6 is 0 Å². The number of pyridine rings is 1. The number of halogens is 2. The quantitative estimate of drug-likeness (QED) is 0.774. The molecule has 0 amide bonds. The van der Waals surface area contributed by atoms with Crippen LogP contribution < -0.4 is 5.32 Å². The molecule has 1 heterocycles. The lowest BCUT2D eigenvalue weighted by Crippen LogP contribution is -2.00. The van der Waals surface area contributed by atoms with E-state index >= 15 is 0 Å². The van der Waals surface area contributed by atoms with Crippen LogP contribution in [0.2, 0.25) is 0 Å². The monoisotopic (exact) mass is 270 g/mol. The highest BCUT2D eigenvalue weighted by molar-refractivity contribution is 5.82. The molecule has 0 spiro atoms. The summed E-state index contributed by atoms with van der Waals surface area (Å²) in [4.78, 5) is 4.24. The molecular weight excluding hydrogens is 258 g/mol. The van der Waals surface area contributed by atoms with Gasteiger partial charge in [-0.15, -0.1) is 0 Å². The van der Waals surface area contributed by atoms with Crippen LogP contribution in [0, 0.1) is 11.6 Å². The Morgan fingerprint density at radius 1 is 0.950 bits per heavy atom. The molecule has 2 aromatic carbocycles. The molecule has 0 aliphatic heterocycles. The summed E-state index contributed by atoms with van der Waals surface area (Å²) >= 11 is 0. The van der Waals surface area contributed by atoms with Crippen molar-refractivity contribution < 1.29 is 8.78 Å². The van der Waals surface area contributed by atoms with Gasteiger partial charge in [0.1, 0.15) is 11.6 Å². The molecule has 1 N–H and O–H groups in total. The van der Waals surface area contributed by atoms with Gasteiger partial charge in [-0.25, -0.2) is 8.78 Å². The maximum absolute atomic E-state index is 13.1. The van der Waals surface area contributed by atoms with Crippen molar-refractivity contribution in [1.82, 2.24) is 4.98 Å². The maximum atomic E-state index is 13.1. The van der Waals surface area contributed by atoms with E-state index in [0.717, 1.165) is 22.7 Å². The number of rotatable bonds is 3. The molecule has 1 aromatic heterocycles. The van der Waals surface area contributed by atoms with Gasteiger partial charge in [-0.05, 0) is 42.0 Å². The number of benzene rings is 2. The molecule has 0 aliphatic carbocycles. The van der Waals surface area contributed by atoms with Crippen LogP contribution in [-0.4, -0.2) is 4.98 Å². The van der Waals surface area contributed by atoms with Crippen molar-refractivity contribution in [3.8, 4) is 0 Å². The highest BCUT2D eigenvalue weighted by Crippen LogP contribution is 2.18. The van der Waals surface area contributed by atoms with Gasteiger partial charge in [0.2, 0.25) is 0 Å². The molecule has 0 atom stereocenters. The van der Waals surface area contributed by atoms with Gasteiger partial charge in [0.15, 0.2) is 0 Å². The molecule has 0 saturated heterocycles. The molecule has 100 valence electrons. The van der Waals surface area contributed by atoms with Gasteiger partial charge in [0.05, 0.1) is 5.52 Å². The third kappa shape index (κ3) is 2.74. The highest BCUT2D eigenvalue weighted by Gasteiger charge is 2.01. The van der Waals surface area contributed by atoms with E-state index in [4.69, 9.17) is 0 Å². The average molecular weight is 270 g/mol. The predicted molar refractivity (Wildman–Crippen MR) is 75.4 cm³/mol. The van der Waals surface area contributed by atoms with Crippen molar-refractivity contribution >= 4 is 16.6 Å². The molecule has 0 bridgehead atoms. The first-order valence-electron chi connectivity index (χ1n) is 6.24. The van der Waals surface area contributed by atoms with E-state index in [9.17, 15) is 8.78 Å². The average Bonchev–Trinajstić information content (AvgIpc) is 2.44. The van der Waals surface area contributed by atoms with E-state index in [1.807, 2.05) is 30.3 Å². The minimum atomic E-state index is -0.565. The Labute approximate surface area is 115 Å². The molecule has 4 heteroatoms. The summed E-state index contributed by atoms with van der Waals surface area (Å²) in [5.41, 5.74) is 2.36. The van der Waals surface area contributed by atoms with Crippen LogP contribution in [0.5, 0.6) is 0 Å². The van der Waals surface area contributed by atoms with Crippen molar-refractivity contribution in [3.63, 3.8) is 0 Å². The van der Waals surface area contributed by atoms with Crippen LogP contribution in [0.1, 0.15) is 5.56 Å². The molecular formula is C16H12F2N2. The highest BCUT2D eigenvalue weighted by atomic mass is 19.1. The Balaban J connectivity index is 1.79. The zero-order valence-electron chi connectivity index (χ0n) is 10.6. The molecule has 3 rings (SSSR count). The third-order valence-electron chi connectivity index (χ3n) is 3.02. The van der Waals surface area contributed by atoms with Crippen molar-refractivity contribution in [3.05, 3.63) is 71.9 Å². The topological polar surface area (TPSA) is 24.9 Å². The summed E-state index contributed by atoms with van der Waals surface area (Å²) in [5, 5.41) is 4.16. The van der Waals surface area contributed by atoms with Gasteiger partial charge in [0.25, 0.3) is 0 Å². The number of aromatic nitrogens is 1. The fourth-order valence-electron chi connectivity index (χ4n) is 2.10.